The molecule has 3 heterocycles. The molecule has 7 rings (SSSR count). The van der Waals surface area contributed by atoms with Gasteiger partial charge in [-0.1, -0.05) is 42.0 Å². The second kappa shape index (κ2) is 18.8. The van der Waals surface area contributed by atoms with E-state index in [9.17, 15) is 14.4 Å². The van der Waals surface area contributed by atoms with Gasteiger partial charge in [-0.2, -0.15) is 0 Å². The van der Waals surface area contributed by atoms with Gasteiger partial charge in [0, 0.05) is 61.5 Å². The fourth-order valence-corrected chi connectivity index (χ4v) is 10.4. The van der Waals surface area contributed by atoms with E-state index in [0.29, 0.717) is 61.0 Å². The normalized spacial score (nSPS) is 22.9. The molecule has 0 unspecified atom stereocenters. The Kier molecular flexibility index (Phi) is 13.4. The number of piperidine rings is 1. The minimum Gasteiger partial charge on any atom is -0.322 e. The molecule has 1 saturated heterocycles. The predicted octanol–water partition coefficient (Wildman–Crippen LogP) is 9.01. The third-order valence-electron chi connectivity index (χ3n) is 13.6. The number of nitrogens with one attached hydrogen (secondary N) is 2. The highest BCUT2D eigenvalue weighted by atomic mass is 16.1. The first-order valence-corrected chi connectivity index (χ1v) is 21.6. The second-order valence-electron chi connectivity index (χ2n) is 17.6. The summed E-state index contributed by atoms with van der Waals surface area (Å²) in [5, 5.41) is 17.4. The van der Waals surface area contributed by atoms with Gasteiger partial charge < -0.3 is 19.9 Å². The summed E-state index contributed by atoms with van der Waals surface area (Å²) in [7, 11) is 2.04. The van der Waals surface area contributed by atoms with Crippen LogP contribution in [0.4, 0.5) is 0 Å². The van der Waals surface area contributed by atoms with E-state index in [4.69, 9.17) is 5.41 Å². The zero-order chi connectivity index (χ0) is 39.0. The lowest BCUT2D eigenvalue weighted by Crippen LogP contribution is -2.43. The van der Waals surface area contributed by atoms with Gasteiger partial charge in [0.05, 0.1) is 0 Å². The quantitative estimate of drug-likeness (QED) is 0.110. The molecule has 2 aromatic carbocycles. The Morgan fingerprint density at radius 1 is 0.911 bits per heavy atom. The van der Waals surface area contributed by atoms with E-state index >= 15 is 0 Å². The lowest BCUT2D eigenvalue weighted by Gasteiger charge is -2.40. The second-order valence-corrected chi connectivity index (χ2v) is 17.6. The number of hydrogen-bond donors (Lipinski definition) is 2. The Bertz CT molecular complexity index is 2010. The van der Waals surface area contributed by atoms with Crippen LogP contribution in [-0.2, 0) is 23.1 Å². The number of ketones is 2. The molecule has 2 N–H and O–H groups in total. The van der Waals surface area contributed by atoms with Gasteiger partial charge in [-0.15, -0.1) is 10.2 Å². The van der Waals surface area contributed by atoms with E-state index in [1.807, 2.05) is 31.3 Å². The maximum atomic E-state index is 14.1. The van der Waals surface area contributed by atoms with Crippen LogP contribution in [0.15, 0.2) is 59.7 Å². The molecule has 1 aliphatic heterocycles. The standard InChI is InChI=1S/C47H62N6O3/c1-32-24-35(26-36(25-32)30-48)27-40(45(55)28-34-12-17-41(18-13-34)53-22-20-38(21-23-53)46-51-49-31-52(46)2)7-5-8-42(54)19-14-33-10-15-37(16-11-33)43-29-39-6-3-4-9-44(39)50-47(43)56/h3-4,6,9,24-26,29-31,33-34,37-38,40-41,48H,5,7-8,10-23,27-28H2,1-2H3,(H,50,56)/t33?,34?,37?,40-,41?/m1/s1. The fourth-order valence-electron chi connectivity index (χ4n) is 10.4. The maximum Gasteiger partial charge on any atom is 0.251 e. The molecule has 9 heteroatoms. The van der Waals surface area contributed by atoms with Crippen molar-refractivity contribution in [1.29, 1.82) is 5.41 Å². The molecule has 2 aromatic heterocycles. The summed E-state index contributed by atoms with van der Waals surface area (Å²) in [6.45, 7) is 4.27. The van der Waals surface area contributed by atoms with Crippen LogP contribution in [0.2, 0.25) is 0 Å². The molecule has 0 bridgehead atoms. The van der Waals surface area contributed by atoms with Crippen molar-refractivity contribution in [2.45, 2.75) is 134 Å². The molecule has 298 valence electrons. The Labute approximate surface area is 332 Å². The van der Waals surface area contributed by atoms with Crippen LogP contribution in [0, 0.1) is 30.1 Å². The molecule has 4 aromatic rings. The highest BCUT2D eigenvalue weighted by molar-refractivity contribution is 5.82. The van der Waals surface area contributed by atoms with Gasteiger partial charge >= 0.3 is 0 Å². The third kappa shape index (κ3) is 10.2. The summed E-state index contributed by atoms with van der Waals surface area (Å²) in [4.78, 5) is 45.8. The van der Waals surface area contributed by atoms with Gasteiger partial charge in [0.25, 0.3) is 5.56 Å². The molecule has 2 saturated carbocycles. The highest BCUT2D eigenvalue weighted by Crippen LogP contribution is 2.38. The number of Topliss-reactive ketones (excluding diaryl/α,β-unsaturated/α-hetero) is 2. The highest BCUT2D eigenvalue weighted by Gasteiger charge is 2.32. The number of likely N-dealkylation sites (tertiary alicyclic amines) is 1. The van der Waals surface area contributed by atoms with Crippen LogP contribution in [0.3, 0.4) is 0 Å². The number of H-pyrrole nitrogens is 1. The molecule has 1 atom stereocenters. The number of rotatable bonds is 16. The Morgan fingerprint density at radius 3 is 2.39 bits per heavy atom. The molecular formula is C47H62N6O3. The van der Waals surface area contributed by atoms with Gasteiger partial charge in [-0.05, 0) is 156 Å². The summed E-state index contributed by atoms with van der Waals surface area (Å²) in [5.74, 6) is 3.40. The van der Waals surface area contributed by atoms with Crippen molar-refractivity contribution in [3.63, 3.8) is 0 Å². The number of carbonyl (C=O) groups excluding carboxylic acids is 2. The number of aryl methyl sites for hydroxylation is 2. The number of hydrogen-bond acceptors (Lipinski definition) is 7. The van der Waals surface area contributed by atoms with Crippen LogP contribution >= 0.6 is 0 Å². The van der Waals surface area contributed by atoms with Gasteiger partial charge in [0.15, 0.2) is 0 Å². The number of aromatic amines is 1. The SMILES string of the molecule is Cc1cc(C=N)cc(C[C@@H](CCCC(=O)CCC2CCC(c3cc4ccccc4[nH]c3=O)CC2)C(=O)CC2CCC(N3CCC(c4nncn4C)CC3)CC2)c1. The van der Waals surface area contributed by atoms with Crippen molar-refractivity contribution in [3.05, 3.63) is 93.3 Å². The first kappa shape index (κ1) is 40.0. The maximum absolute atomic E-state index is 14.1. The zero-order valence-electron chi connectivity index (χ0n) is 33.7. The number of fused-ring (bicyclic) bond motifs is 1. The Morgan fingerprint density at radius 2 is 1.66 bits per heavy atom. The molecule has 9 nitrogen and oxygen atoms in total. The number of benzene rings is 2. The lowest BCUT2D eigenvalue weighted by molar-refractivity contribution is -0.125. The average molecular weight is 759 g/mol. The number of aromatic nitrogens is 4. The monoisotopic (exact) mass is 758 g/mol. The summed E-state index contributed by atoms with van der Waals surface area (Å²) in [6, 6.07) is 16.9. The molecule has 3 fully saturated rings. The van der Waals surface area contributed by atoms with E-state index in [0.717, 1.165) is 136 Å². The van der Waals surface area contributed by atoms with Crippen molar-refractivity contribution in [1.82, 2.24) is 24.6 Å². The molecule has 3 aliphatic rings. The van der Waals surface area contributed by atoms with Crippen molar-refractivity contribution in [3.8, 4) is 0 Å². The molecule has 2 aliphatic carbocycles. The number of carbonyl (C=O) groups is 2. The summed E-state index contributed by atoms with van der Waals surface area (Å²) in [5.41, 5.74) is 4.92. The first-order valence-electron chi connectivity index (χ1n) is 21.6. The Hall–Kier alpha value is -4.24. The largest absolute Gasteiger partial charge is 0.322 e. The third-order valence-corrected chi connectivity index (χ3v) is 13.6. The van der Waals surface area contributed by atoms with Crippen molar-refractivity contribution < 1.29 is 9.59 Å². The first-order chi connectivity index (χ1) is 27.2. The van der Waals surface area contributed by atoms with Crippen molar-refractivity contribution in [2.24, 2.45) is 24.8 Å². The smallest absolute Gasteiger partial charge is 0.251 e. The number of pyridine rings is 1. The average Bonchev–Trinajstić information content (AvgIpc) is 3.65. The van der Waals surface area contributed by atoms with Gasteiger partial charge in [-0.3, -0.25) is 14.4 Å². The van der Waals surface area contributed by atoms with Crippen LogP contribution < -0.4 is 5.56 Å². The van der Waals surface area contributed by atoms with Crippen LogP contribution in [0.25, 0.3) is 10.9 Å². The fraction of sp³-hybridized carbons (Fsp3) is 0.574. The zero-order valence-corrected chi connectivity index (χ0v) is 33.7. The minimum atomic E-state index is -0.103. The summed E-state index contributed by atoms with van der Waals surface area (Å²) >= 11 is 0. The van der Waals surface area contributed by atoms with E-state index in [-0.39, 0.29) is 17.4 Å². The molecular weight excluding hydrogens is 697 g/mol. The van der Waals surface area contributed by atoms with Crippen LogP contribution in [0.1, 0.15) is 143 Å². The molecule has 0 amide bonds. The lowest BCUT2D eigenvalue weighted by atomic mass is 9.77. The van der Waals surface area contributed by atoms with E-state index < -0.39 is 0 Å². The summed E-state index contributed by atoms with van der Waals surface area (Å²) in [6.07, 6.45) is 18.9. The number of nitrogens with zero attached hydrogens (tertiary/aromatic N) is 4. The van der Waals surface area contributed by atoms with Gasteiger partial charge in [-0.25, -0.2) is 0 Å². The van der Waals surface area contributed by atoms with E-state index in [2.05, 4.69) is 55.8 Å². The molecule has 0 radical (unpaired) electrons. The van der Waals surface area contributed by atoms with Crippen LogP contribution in [-0.4, -0.2) is 61.6 Å². The Balaban J connectivity index is 0.865. The van der Waals surface area contributed by atoms with E-state index in [1.54, 1.807) is 6.33 Å². The van der Waals surface area contributed by atoms with E-state index in [1.165, 1.54) is 6.21 Å². The number of para-hydroxylation sites is 1. The predicted molar refractivity (Wildman–Crippen MR) is 224 cm³/mol. The van der Waals surface area contributed by atoms with Gasteiger partial charge in [0.2, 0.25) is 0 Å². The molecule has 56 heavy (non-hydrogen) atoms. The van der Waals surface area contributed by atoms with Crippen LogP contribution in [0.5, 0.6) is 0 Å². The van der Waals surface area contributed by atoms with Crippen molar-refractivity contribution >= 4 is 28.7 Å². The molecule has 0 spiro atoms. The topological polar surface area (TPSA) is 125 Å². The minimum absolute atomic E-state index is 0.0335. The van der Waals surface area contributed by atoms with Crippen molar-refractivity contribution in [2.75, 3.05) is 13.1 Å². The van der Waals surface area contributed by atoms with Gasteiger partial charge in [0.1, 0.15) is 23.7 Å². The summed E-state index contributed by atoms with van der Waals surface area (Å²) < 4.78 is 2.06.